The zero-order valence-electron chi connectivity index (χ0n) is 12.4. The van der Waals surface area contributed by atoms with Crippen LogP contribution in [0.2, 0.25) is 0 Å². The number of nitrogens with zero attached hydrogens (tertiary/aromatic N) is 2. The fourth-order valence-electron chi connectivity index (χ4n) is 2.84. The molecule has 0 unspecified atom stereocenters. The van der Waals surface area contributed by atoms with Gasteiger partial charge in [0.25, 0.3) is 0 Å². The molecule has 1 aromatic heterocycles. The summed E-state index contributed by atoms with van der Waals surface area (Å²) in [5, 5.41) is 6.95. The quantitative estimate of drug-likeness (QED) is 0.874. The standard InChI is InChI=1S/C16H18F3N3/c1-10(2)11-3-5-12(6-4-11)13-9-14(16(17,18)19)22-15(21-13)7-8-20-22/h3-8,10,13-14,21H,9H2,1-2H3/t13-,14-/m1/s1. The van der Waals surface area contributed by atoms with Crippen LogP contribution in [0.25, 0.3) is 0 Å². The molecule has 0 saturated carbocycles. The van der Waals surface area contributed by atoms with E-state index in [0.29, 0.717) is 11.7 Å². The van der Waals surface area contributed by atoms with Crippen LogP contribution in [-0.4, -0.2) is 16.0 Å². The minimum atomic E-state index is -4.31. The second-order valence-electron chi connectivity index (χ2n) is 5.97. The molecule has 0 saturated heterocycles. The van der Waals surface area contributed by atoms with Gasteiger partial charge in [0.05, 0.1) is 12.2 Å². The van der Waals surface area contributed by atoms with Crippen molar-refractivity contribution in [2.24, 2.45) is 0 Å². The third-order valence-corrected chi connectivity index (χ3v) is 4.13. The van der Waals surface area contributed by atoms with Crippen LogP contribution in [0.5, 0.6) is 0 Å². The lowest BCUT2D eigenvalue weighted by Gasteiger charge is -2.33. The summed E-state index contributed by atoms with van der Waals surface area (Å²) in [7, 11) is 0. The number of nitrogens with one attached hydrogen (secondary N) is 1. The highest BCUT2D eigenvalue weighted by atomic mass is 19.4. The molecule has 1 aliphatic heterocycles. The summed E-state index contributed by atoms with van der Waals surface area (Å²) in [6.07, 6.45) is -2.97. The van der Waals surface area contributed by atoms with Crippen molar-refractivity contribution >= 4 is 5.82 Å². The molecule has 3 rings (SSSR count). The summed E-state index contributed by atoms with van der Waals surface area (Å²) >= 11 is 0. The summed E-state index contributed by atoms with van der Waals surface area (Å²) in [5.41, 5.74) is 2.04. The molecular weight excluding hydrogens is 291 g/mol. The summed E-state index contributed by atoms with van der Waals surface area (Å²) in [6, 6.07) is 7.41. The van der Waals surface area contributed by atoms with Gasteiger partial charge in [-0.15, -0.1) is 0 Å². The van der Waals surface area contributed by atoms with Crippen LogP contribution in [-0.2, 0) is 0 Å². The first-order valence-electron chi connectivity index (χ1n) is 7.33. The van der Waals surface area contributed by atoms with Crippen LogP contribution < -0.4 is 5.32 Å². The van der Waals surface area contributed by atoms with Crippen molar-refractivity contribution in [3.8, 4) is 0 Å². The topological polar surface area (TPSA) is 29.9 Å². The number of benzene rings is 1. The molecule has 1 aromatic carbocycles. The van der Waals surface area contributed by atoms with Gasteiger partial charge in [0.2, 0.25) is 0 Å². The van der Waals surface area contributed by atoms with Crippen molar-refractivity contribution in [2.75, 3.05) is 5.32 Å². The number of aromatic nitrogens is 2. The van der Waals surface area contributed by atoms with E-state index in [1.165, 1.54) is 11.8 Å². The van der Waals surface area contributed by atoms with Crippen molar-refractivity contribution < 1.29 is 13.2 Å². The van der Waals surface area contributed by atoms with Gasteiger partial charge >= 0.3 is 6.18 Å². The molecule has 2 aromatic rings. The fraction of sp³-hybridized carbons (Fsp3) is 0.438. The monoisotopic (exact) mass is 309 g/mol. The maximum absolute atomic E-state index is 13.3. The summed E-state index contributed by atoms with van der Waals surface area (Å²) < 4.78 is 40.8. The van der Waals surface area contributed by atoms with Gasteiger partial charge in [0, 0.05) is 12.5 Å². The predicted molar refractivity (Wildman–Crippen MR) is 78.8 cm³/mol. The number of hydrogen-bond acceptors (Lipinski definition) is 2. The largest absolute Gasteiger partial charge is 0.410 e. The van der Waals surface area contributed by atoms with E-state index < -0.39 is 12.2 Å². The smallest absolute Gasteiger partial charge is 0.363 e. The molecule has 2 heterocycles. The van der Waals surface area contributed by atoms with Crippen molar-refractivity contribution in [3.63, 3.8) is 0 Å². The zero-order chi connectivity index (χ0) is 15.9. The first kappa shape index (κ1) is 14.9. The first-order chi connectivity index (χ1) is 10.4. The maximum atomic E-state index is 13.3. The van der Waals surface area contributed by atoms with Gasteiger partial charge in [-0.05, 0) is 17.0 Å². The van der Waals surface area contributed by atoms with E-state index in [2.05, 4.69) is 24.3 Å². The van der Waals surface area contributed by atoms with E-state index in [9.17, 15) is 13.2 Å². The molecule has 0 spiro atoms. The number of halogens is 3. The number of anilines is 1. The Hall–Kier alpha value is -1.98. The van der Waals surface area contributed by atoms with Gasteiger partial charge in [0.15, 0.2) is 6.04 Å². The molecule has 0 aliphatic carbocycles. The van der Waals surface area contributed by atoms with Gasteiger partial charge in [-0.3, -0.25) is 0 Å². The van der Waals surface area contributed by atoms with Crippen LogP contribution >= 0.6 is 0 Å². The second-order valence-corrected chi connectivity index (χ2v) is 5.97. The average molecular weight is 309 g/mol. The van der Waals surface area contributed by atoms with Gasteiger partial charge in [-0.1, -0.05) is 38.1 Å². The molecule has 0 bridgehead atoms. The van der Waals surface area contributed by atoms with Crippen LogP contribution in [0, 0.1) is 0 Å². The molecule has 3 nitrogen and oxygen atoms in total. The van der Waals surface area contributed by atoms with Gasteiger partial charge < -0.3 is 5.32 Å². The molecular formula is C16H18F3N3. The molecule has 6 heteroatoms. The van der Waals surface area contributed by atoms with Gasteiger partial charge in [-0.2, -0.15) is 18.3 Å². The summed E-state index contributed by atoms with van der Waals surface area (Å²) in [5.74, 6) is 0.809. The molecule has 0 radical (unpaired) electrons. The van der Waals surface area contributed by atoms with Crippen molar-refractivity contribution in [2.45, 2.75) is 44.4 Å². The lowest BCUT2D eigenvalue weighted by atomic mass is 9.94. The Morgan fingerprint density at radius 3 is 2.45 bits per heavy atom. The molecule has 0 amide bonds. The van der Waals surface area contributed by atoms with E-state index in [-0.39, 0.29) is 12.5 Å². The molecule has 2 atom stereocenters. The third-order valence-electron chi connectivity index (χ3n) is 4.13. The summed E-state index contributed by atoms with van der Waals surface area (Å²) in [4.78, 5) is 0. The number of rotatable bonds is 2. The minimum Gasteiger partial charge on any atom is -0.363 e. The molecule has 0 fully saturated rings. The second kappa shape index (κ2) is 5.34. The third kappa shape index (κ3) is 2.69. The van der Waals surface area contributed by atoms with Crippen molar-refractivity contribution in [3.05, 3.63) is 47.7 Å². The molecule has 22 heavy (non-hydrogen) atoms. The number of fused-ring (bicyclic) bond motifs is 1. The predicted octanol–water partition coefficient (Wildman–Crippen LogP) is 4.67. The SMILES string of the molecule is CC(C)c1ccc([C@H]2C[C@H](C(F)(F)F)n3nccc3N2)cc1. The first-order valence-corrected chi connectivity index (χ1v) is 7.33. The Kier molecular flexibility index (Phi) is 3.62. The van der Waals surface area contributed by atoms with Gasteiger partial charge in [-0.25, -0.2) is 4.68 Å². The highest BCUT2D eigenvalue weighted by Crippen LogP contribution is 2.43. The Morgan fingerprint density at radius 2 is 1.86 bits per heavy atom. The molecule has 1 N–H and O–H groups in total. The highest BCUT2D eigenvalue weighted by molar-refractivity contribution is 5.42. The van der Waals surface area contributed by atoms with E-state index in [4.69, 9.17) is 0 Å². The lowest BCUT2D eigenvalue weighted by Crippen LogP contribution is -2.35. The lowest BCUT2D eigenvalue weighted by molar-refractivity contribution is -0.173. The van der Waals surface area contributed by atoms with E-state index >= 15 is 0 Å². The van der Waals surface area contributed by atoms with Crippen LogP contribution in [0.3, 0.4) is 0 Å². The Labute approximate surface area is 127 Å². The number of hydrogen-bond donors (Lipinski definition) is 1. The Morgan fingerprint density at radius 1 is 1.18 bits per heavy atom. The minimum absolute atomic E-state index is 0.0563. The molecule has 1 aliphatic rings. The van der Waals surface area contributed by atoms with Crippen molar-refractivity contribution in [1.29, 1.82) is 0 Å². The maximum Gasteiger partial charge on any atom is 0.410 e. The van der Waals surface area contributed by atoms with E-state index in [1.807, 2.05) is 24.3 Å². The van der Waals surface area contributed by atoms with Gasteiger partial charge in [0.1, 0.15) is 5.82 Å². The van der Waals surface area contributed by atoms with Crippen molar-refractivity contribution in [1.82, 2.24) is 9.78 Å². The summed E-state index contributed by atoms with van der Waals surface area (Å²) in [6.45, 7) is 4.18. The normalized spacial score (nSPS) is 21.5. The highest BCUT2D eigenvalue weighted by Gasteiger charge is 2.46. The van der Waals surface area contributed by atoms with Crippen LogP contribution in [0.1, 0.15) is 49.4 Å². The fourth-order valence-corrected chi connectivity index (χ4v) is 2.84. The number of alkyl halides is 3. The average Bonchev–Trinajstić information content (AvgIpc) is 2.93. The van der Waals surface area contributed by atoms with E-state index in [0.717, 1.165) is 10.2 Å². The Balaban J connectivity index is 1.90. The van der Waals surface area contributed by atoms with E-state index in [1.54, 1.807) is 6.07 Å². The molecule has 118 valence electrons. The van der Waals surface area contributed by atoms with Crippen LogP contribution in [0.4, 0.5) is 19.0 Å². The zero-order valence-corrected chi connectivity index (χ0v) is 12.4. The Bertz CT molecular complexity index is 643. The van der Waals surface area contributed by atoms with Crippen LogP contribution in [0.15, 0.2) is 36.5 Å².